The Kier molecular flexibility index (Phi) is 2.88. The minimum atomic E-state index is 0.576. The summed E-state index contributed by atoms with van der Waals surface area (Å²) in [6.07, 6.45) is 4.18. The van der Waals surface area contributed by atoms with E-state index in [2.05, 4.69) is 22.6 Å². The zero-order valence-corrected chi connectivity index (χ0v) is 9.78. The Bertz CT molecular complexity index is 302. The van der Waals surface area contributed by atoms with Crippen LogP contribution in [-0.4, -0.2) is 11.5 Å². The molecule has 0 amide bonds. The lowest BCUT2D eigenvalue weighted by Crippen LogP contribution is -2.36. The largest absolute Gasteiger partial charge is 0.310 e. The Hall–Kier alpha value is -0.410. The molecular formula is C11H18N2S. The lowest BCUT2D eigenvalue weighted by Gasteiger charge is -2.38. The summed E-state index contributed by atoms with van der Waals surface area (Å²) in [5.41, 5.74) is 1.72. The molecule has 3 heteroatoms. The average molecular weight is 210 g/mol. The first-order valence-electron chi connectivity index (χ1n) is 5.30. The minimum Gasteiger partial charge on any atom is -0.310 e. The van der Waals surface area contributed by atoms with Crippen LogP contribution in [0, 0.1) is 12.3 Å². The molecule has 2 rings (SSSR count). The molecule has 1 aliphatic carbocycles. The first-order valence-corrected chi connectivity index (χ1v) is 6.18. The van der Waals surface area contributed by atoms with Crippen molar-refractivity contribution in [2.24, 2.45) is 5.41 Å². The van der Waals surface area contributed by atoms with E-state index < -0.39 is 0 Å². The fourth-order valence-electron chi connectivity index (χ4n) is 1.91. The van der Waals surface area contributed by atoms with Crippen LogP contribution in [0.25, 0.3) is 0 Å². The second-order valence-electron chi connectivity index (χ2n) is 4.65. The predicted octanol–water partition coefficient (Wildman–Crippen LogP) is 2.73. The zero-order chi connectivity index (χ0) is 10.0. The van der Waals surface area contributed by atoms with Crippen molar-refractivity contribution in [1.82, 2.24) is 10.3 Å². The van der Waals surface area contributed by atoms with E-state index in [0.29, 0.717) is 5.41 Å². The molecular weight excluding hydrogens is 192 g/mol. The van der Waals surface area contributed by atoms with Crippen molar-refractivity contribution >= 4 is 11.3 Å². The fourth-order valence-corrected chi connectivity index (χ4v) is 2.65. The van der Waals surface area contributed by atoms with Gasteiger partial charge in [-0.1, -0.05) is 13.3 Å². The summed E-state index contributed by atoms with van der Waals surface area (Å²) < 4.78 is 0. The van der Waals surface area contributed by atoms with E-state index in [1.807, 2.05) is 6.92 Å². The van der Waals surface area contributed by atoms with E-state index in [-0.39, 0.29) is 0 Å². The molecule has 0 aromatic carbocycles. The van der Waals surface area contributed by atoms with Crippen molar-refractivity contribution in [1.29, 1.82) is 0 Å². The van der Waals surface area contributed by atoms with Crippen LogP contribution >= 0.6 is 11.3 Å². The van der Waals surface area contributed by atoms with Gasteiger partial charge in [-0.25, -0.2) is 4.98 Å². The predicted molar refractivity (Wildman–Crippen MR) is 60.5 cm³/mol. The number of rotatable bonds is 4. The molecule has 2 nitrogen and oxygen atoms in total. The zero-order valence-electron chi connectivity index (χ0n) is 8.97. The lowest BCUT2D eigenvalue weighted by atomic mass is 9.70. The molecule has 0 spiro atoms. The third-order valence-corrected chi connectivity index (χ3v) is 4.02. The standard InChI is InChI=1S/C11H18N2S/c1-9-7-14-10(13-9)6-12-8-11(2)4-3-5-11/h7,12H,3-6,8H2,1-2H3. The Morgan fingerprint density at radius 2 is 2.36 bits per heavy atom. The van der Waals surface area contributed by atoms with Crippen LogP contribution in [0.5, 0.6) is 0 Å². The fraction of sp³-hybridized carbons (Fsp3) is 0.727. The van der Waals surface area contributed by atoms with E-state index in [0.717, 1.165) is 18.8 Å². The Labute approximate surface area is 89.8 Å². The van der Waals surface area contributed by atoms with Gasteiger partial charge in [-0.05, 0) is 25.2 Å². The monoisotopic (exact) mass is 210 g/mol. The summed E-state index contributed by atoms with van der Waals surface area (Å²) in [7, 11) is 0. The third-order valence-electron chi connectivity index (χ3n) is 3.06. The van der Waals surface area contributed by atoms with Crippen LogP contribution in [0.4, 0.5) is 0 Å². The molecule has 1 heterocycles. The van der Waals surface area contributed by atoms with Crippen LogP contribution in [0.15, 0.2) is 5.38 Å². The molecule has 1 N–H and O–H groups in total. The topological polar surface area (TPSA) is 24.9 Å². The highest BCUT2D eigenvalue weighted by atomic mass is 32.1. The number of thiazole rings is 1. The summed E-state index contributed by atoms with van der Waals surface area (Å²) in [5, 5.41) is 6.83. The first kappa shape index (κ1) is 10.1. The van der Waals surface area contributed by atoms with Crippen molar-refractivity contribution in [3.8, 4) is 0 Å². The van der Waals surface area contributed by atoms with Gasteiger partial charge in [0.25, 0.3) is 0 Å². The van der Waals surface area contributed by atoms with E-state index in [1.54, 1.807) is 11.3 Å². The molecule has 0 bridgehead atoms. The number of aryl methyl sites for hydroxylation is 1. The molecule has 1 aliphatic rings. The average Bonchev–Trinajstić information content (AvgIpc) is 2.49. The summed E-state index contributed by atoms with van der Waals surface area (Å²) >= 11 is 1.75. The number of hydrogen-bond acceptors (Lipinski definition) is 3. The second-order valence-corrected chi connectivity index (χ2v) is 5.59. The molecule has 0 atom stereocenters. The quantitative estimate of drug-likeness (QED) is 0.826. The normalized spacial score (nSPS) is 19.3. The van der Waals surface area contributed by atoms with Crippen molar-refractivity contribution in [3.05, 3.63) is 16.1 Å². The molecule has 1 fully saturated rings. The van der Waals surface area contributed by atoms with Gasteiger partial charge in [0.2, 0.25) is 0 Å². The van der Waals surface area contributed by atoms with Crippen molar-refractivity contribution in [2.75, 3.05) is 6.54 Å². The van der Waals surface area contributed by atoms with E-state index in [9.17, 15) is 0 Å². The molecule has 14 heavy (non-hydrogen) atoms. The van der Waals surface area contributed by atoms with Crippen molar-refractivity contribution < 1.29 is 0 Å². The number of aromatic nitrogens is 1. The van der Waals surface area contributed by atoms with Gasteiger partial charge in [0, 0.05) is 24.2 Å². The molecule has 1 aromatic rings. The smallest absolute Gasteiger partial charge is 0.107 e. The van der Waals surface area contributed by atoms with Gasteiger partial charge >= 0.3 is 0 Å². The highest BCUT2D eigenvalue weighted by Gasteiger charge is 2.30. The number of hydrogen-bond donors (Lipinski definition) is 1. The highest BCUT2D eigenvalue weighted by Crippen LogP contribution is 2.39. The van der Waals surface area contributed by atoms with Gasteiger partial charge in [0.15, 0.2) is 0 Å². The van der Waals surface area contributed by atoms with Gasteiger partial charge in [0.1, 0.15) is 5.01 Å². The van der Waals surface area contributed by atoms with Gasteiger partial charge < -0.3 is 5.32 Å². The first-order chi connectivity index (χ1) is 6.68. The Morgan fingerprint density at radius 1 is 1.57 bits per heavy atom. The number of nitrogens with one attached hydrogen (secondary N) is 1. The van der Waals surface area contributed by atoms with Crippen LogP contribution in [0.1, 0.15) is 36.9 Å². The Balaban J connectivity index is 1.72. The molecule has 1 saturated carbocycles. The highest BCUT2D eigenvalue weighted by molar-refractivity contribution is 7.09. The SMILES string of the molecule is Cc1csc(CNCC2(C)CCC2)n1. The van der Waals surface area contributed by atoms with Gasteiger partial charge in [-0.3, -0.25) is 0 Å². The lowest BCUT2D eigenvalue weighted by molar-refractivity contribution is 0.156. The number of nitrogens with zero attached hydrogens (tertiary/aromatic N) is 1. The minimum absolute atomic E-state index is 0.576. The van der Waals surface area contributed by atoms with Crippen LogP contribution in [-0.2, 0) is 6.54 Å². The maximum absolute atomic E-state index is 4.43. The summed E-state index contributed by atoms with van der Waals surface area (Å²) in [4.78, 5) is 4.43. The molecule has 78 valence electrons. The van der Waals surface area contributed by atoms with Gasteiger partial charge in [-0.2, -0.15) is 0 Å². The third kappa shape index (κ3) is 2.34. The van der Waals surface area contributed by atoms with Gasteiger partial charge in [0.05, 0.1) is 0 Å². The maximum Gasteiger partial charge on any atom is 0.107 e. The molecule has 0 aliphatic heterocycles. The van der Waals surface area contributed by atoms with Crippen LogP contribution < -0.4 is 5.32 Å². The van der Waals surface area contributed by atoms with E-state index >= 15 is 0 Å². The van der Waals surface area contributed by atoms with Crippen molar-refractivity contribution in [2.45, 2.75) is 39.7 Å². The summed E-state index contributed by atoms with van der Waals surface area (Å²) in [6.45, 7) is 6.50. The summed E-state index contributed by atoms with van der Waals surface area (Å²) in [5.74, 6) is 0. The Morgan fingerprint density at radius 3 is 2.86 bits per heavy atom. The molecule has 0 unspecified atom stereocenters. The van der Waals surface area contributed by atoms with Crippen LogP contribution in [0.2, 0.25) is 0 Å². The molecule has 0 saturated heterocycles. The molecule has 0 radical (unpaired) electrons. The van der Waals surface area contributed by atoms with Crippen molar-refractivity contribution in [3.63, 3.8) is 0 Å². The second kappa shape index (κ2) is 3.99. The van der Waals surface area contributed by atoms with Gasteiger partial charge in [-0.15, -0.1) is 11.3 Å². The van der Waals surface area contributed by atoms with E-state index in [4.69, 9.17) is 0 Å². The van der Waals surface area contributed by atoms with E-state index in [1.165, 1.54) is 24.3 Å². The molecule has 1 aromatic heterocycles. The maximum atomic E-state index is 4.43. The van der Waals surface area contributed by atoms with Crippen LogP contribution in [0.3, 0.4) is 0 Å². The summed E-state index contributed by atoms with van der Waals surface area (Å²) in [6, 6.07) is 0.